The van der Waals surface area contributed by atoms with Crippen molar-refractivity contribution in [1.29, 1.82) is 0 Å². The van der Waals surface area contributed by atoms with Crippen molar-refractivity contribution in [2.75, 3.05) is 5.32 Å². The van der Waals surface area contributed by atoms with Crippen molar-refractivity contribution in [3.8, 4) is 0 Å². The molecule has 0 radical (unpaired) electrons. The van der Waals surface area contributed by atoms with E-state index in [4.69, 9.17) is 22.1 Å². The second-order valence-corrected chi connectivity index (χ2v) is 7.76. The molecule has 0 saturated heterocycles. The third-order valence-electron chi connectivity index (χ3n) is 3.90. The Morgan fingerprint density at radius 1 is 1.38 bits per heavy atom. The lowest BCUT2D eigenvalue weighted by Gasteiger charge is -2.20. The zero-order valence-corrected chi connectivity index (χ0v) is 14.0. The molecule has 116 valence electrons. The number of benzene rings is 1. The van der Waals surface area contributed by atoms with Crippen molar-refractivity contribution in [2.45, 2.75) is 52.2 Å². The van der Waals surface area contributed by atoms with Crippen LogP contribution in [-0.4, -0.2) is 11.7 Å². The lowest BCUT2D eigenvalue weighted by atomic mass is 9.97. The first kappa shape index (κ1) is 16.1. The third kappa shape index (κ3) is 3.33. The third-order valence-corrected chi connectivity index (χ3v) is 4.21. The molecule has 1 atom stereocenters. The van der Waals surface area contributed by atoms with Gasteiger partial charge in [0.05, 0.1) is 0 Å². The van der Waals surface area contributed by atoms with Crippen molar-refractivity contribution >= 4 is 23.4 Å². The summed E-state index contributed by atoms with van der Waals surface area (Å²) in [5.74, 6) is 0. The first-order valence-corrected chi connectivity index (χ1v) is 7.41. The van der Waals surface area contributed by atoms with Crippen LogP contribution in [0.2, 0.25) is 5.02 Å². The minimum Gasteiger partial charge on any atom is -0.444 e. The molecule has 4 nitrogen and oxygen atoms in total. The number of amides is 1. The number of hydrogen-bond acceptors (Lipinski definition) is 3. The van der Waals surface area contributed by atoms with E-state index in [1.165, 1.54) is 0 Å². The van der Waals surface area contributed by atoms with E-state index in [2.05, 4.69) is 19.2 Å². The average Bonchev–Trinajstić information content (AvgIpc) is 2.75. The topological polar surface area (TPSA) is 64.3 Å². The van der Waals surface area contributed by atoms with Gasteiger partial charge in [-0.25, -0.2) is 4.79 Å². The Labute approximate surface area is 131 Å². The molecule has 0 aliphatic heterocycles. The molecule has 1 saturated carbocycles. The first-order chi connectivity index (χ1) is 9.45. The second kappa shape index (κ2) is 4.89. The van der Waals surface area contributed by atoms with Crippen LogP contribution in [0.5, 0.6) is 0 Å². The summed E-state index contributed by atoms with van der Waals surface area (Å²) in [7, 11) is 0. The van der Waals surface area contributed by atoms with Crippen molar-refractivity contribution in [2.24, 2.45) is 11.1 Å². The maximum atomic E-state index is 11.7. The zero-order valence-electron chi connectivity index (χ0n) is 13.2. The summed E-state index contributed by atoms with van der Waals surface area (Å²) < 4.78 is 5.21. The van der Waals surface area contributed by atoms with Gasteiger partial charge < -0.3 is 10.5 Å². The van der Waals surface area contributed by atoms with Gasteiger partial charge in [-0.05, 0) is 50.3 Å². The highest BCUT2D eigenvalue weighted by atomic mass is 35.5. The highest BCUT2D eigenvalue weighted by Gasteiger charge is 2.60. The fourth-order valence-corrected chi connectivity index (χ4v) is 2.84. The molecule has 3 N–H and O–H groups in total. The van der Waals surface area contributed by atoms with Gasteiger partial charge in [-0.15, -0.1) is 0 Å². The summed E-state index contributed by atoms with van der Waals surface area (Å²) in [5.41, 5.74) is 7.04. The highest BCUT2D eigenvalue weighted by Crippen LogP contribution is 2.61. The Morgan fingerprint density at radius 3 is 2.38 bits per heavy atom. The quantitative estimate of drug-likeness (QED) is 0.857. The summed E-state index contributed by atoms with van der Waals surface area (Å²) in [6, 6.07) is 5.39. The molecular formula is C16H23ClN2O2. The number of carbonyl (C=O) groups is 1. The fraction of sp³-hybridized carbons (Fsp3) is 0.562. The van der Waals surface area contributed by atoms with E-state index in [1.54, 1.807) is 12.1 Å². The molecule has 1 aliphatic carbocycles. The van der Waals surface area contributed by atoms with Crippen LogP contribution in [0.1, 0.15) is 46.6 Å². The molecule has 1 aromatic carbocycles. The molecule has 1 aliphatic rings. The highest BCUT2D eigenvalue weighted by molar-refractivity contribution is 6.31. The molecule has 1 aromatic rings. The number of carbonyl (C=O) groups excluding carboxylic acids is 1. The molecule has 0 aromatic heterocycles. The summed E-state index contributed by atoms with van der Waals surface area (Å²) in [6.07, 6.45) is 0.402. The number of hydrogen-bond donors (Lipinski definition) is 2. The lowest BCUT2D eigenvalue weighted by molar-refractivity contribution is 0.0636. The van der Waals surface area contributed by atoms with Gasteiger partial charge in [0.25, 0.3) is 0 Å². The van der Waals surface area contributed by atoms with E-state index in [0.717, 1.165) is 12.0 Å². The van der Waals surface area contributed by atoms with E-state index in [-0.39, 0.29) is 11.0 Å². The monoisotopic (exact) mass is 310 g/mol. The number of ether oxygens (including phenoxy) is 1. The summed E-state index contributed by atoms with van der Waals surface area (Å²) in [6.45, 7) is 9.69. The molecule has 21 heavy (non-hydrogen) atoms. The normalized spacial score (nSPS) is 23.6. The smallest absolute Gasteiger partial charge is 0.412 e. The average molecular weight is 311 g/mol. The van der Waals surface area contributed by atoms with Crippen LogP contribution >= 0.6 is 11.6 Å². The summed E-state index contributed by atoms with van der Waals surface area (Å²) in [4.78, 5) is 11.7. The van der Waals surface area contributed by atoms with E-state index in [1.807, 2.05) is 26.8 Å². The molecule has 0 bridgehead atoms. The van der Waals surface area contributed by atoms with Crippen molar-refractivity contribution in [1.82, 2.24) is 0 Å². The minimum absolute atomic E-state index is 0.0523. The van der Waals surface area contributed by atoms with E-state index in [9.17, 15) is 4.79 Å². The van der Waals surface area contributed by atoms with Crippen LogP contribution in [-0.2, 0) is 10.3 Å². The number of nitrogens with one attached hydrogen (secondary N) is 1. The lowest BCUT2D eigenvalue weighted by Crippen LogP contribution is -2.27. The van der Waals surface area contributed by atoms with Gasteiger partial charge in [0.2, 0.25) is 0 Å². The second-order valence-electron chi connectivity index (χ2n) is 7.35. The first-order valence-electron chi connectivity index (χ1n) is 7.04. The number of anilines is 1. The standard InChI is InChI=1S/C16H23ClN2O2/c1-14(2,3)21-13(20)19-10-6-7-11(12(17)8-10)16(18)9-15(16,4)5/h6-8H,9,18H2,1-5H3,(H,19,20). The Hall–Kier alpha value is -1.26. The Balaban J connectivity index is 2.12. The Morgan fingerprint density at radius 2 is 1.95 bits per heavy atom. The molecular weight excluding hydrogens is 288 g/mol. The van der Waals surface area contributed by atoms with E-state index in [0.29, 0.717) is 10.7 Å². The van der Waals surface area contributed by atoms with Crippen LogP contribution < -0.4 is 11.1 Å². The van der Waals surface area contributed by atoms with Gasteiger partial charge >= 0.3 is 6.09 Å². The number of nitrogens with two attached hydrogens (primary N) is 1. The zero-order chi connectivity index (χ0) is 16.1. The van der Waals surface area contributed by atoms with Gasteiger partial charge in [0.1, 0.15) is 5.60 Å². The minimum atomic E-state index is -0.535. The maximum absolute atomic E-state index is 11.7. The molecule has 2 rings (SSSR count). The van der Waals surface area contributed by atoms with Crippen molar-refractivity contribution < 1.29 is 9.53 Å². The van der Waals surface area contributed by atoms with Gasteiger partial charge in [-0.3, -0.25) is 5.32 Å². The van der Waals surface area contributed by atoms with Gasteiger partial charge in [-0.2, -0.15) is 0 Å². The molecule has 1 unspecified atom stereocenters. The largest absolute Gasteiger partial charge is 0.444 e. The van der Waals surface area contributed by atoms with Gasteiger partial charge in [0, 0.05) is 16.2 Å². The number of halogens is 1. The molecule has 1 fully saturated rings. The van der Waals surface area contributed by atoms with Gasteiger partial charge in [0.15, 0.2) is 0 Å². The van der Waals surface area contributed by atoms with Crippen LogP contribution in [0.25, 0.3) is 0 Å². The molecule has 1 amide bonds. The van der Waals surface area contributed by atoms with Crippen molar-refractivity contribution in [3.05, 3.63) is 28.8 Å². The molecule has 0 heterocycles. The summed E-state index contributed by atoms with van der Waals surface area (Å²) >= 11 is 6.33. The number of rotatable bonds is 2. The molecule has 5 heteroatoms. The Bertz CT molecular complexity index is 578. The van der Waals surface area contributed by atoms with Crippen molar-refractivity contribution in [3.63, 3.8) is 0 Å². The predicted octanol–water partition coefficient (Wildman–Crippen LogP) is 4.27. The Kier molecular flexibility index (Phi) is 3.75. The SMILES string of the molecule is CC(C)(C)OC(=O)Nc1ccc(C2(N)CC2(C)C)c(Cl)c1. The fourth-order valence-electron chi connectivity index (χ4n) is 2.49. The maximum Gasteiger partial charge on any atom is 0.412 e. The molecule has 0 spiro atoms. The predicted molar refractivity (Wildman–Crippen MR) is 85.6 cm³/mol. The van der Waals surface area contributed by atoms with E-state index < -0.39 is 11.7 Å². The van der Waals surface area contributed by atoms with Gasteiger partial charge in [-0.1, -0.05) is 31.5 Å². The van der Waals surface area contributed by atoms with E-state index >= 15 is 0 Å². The van der Waals surface area contributed by atoms with Crippen LogP contribution in [0.4, 0.5) is 10.5 Å². The van der Waals surface area contributed by atoms with Crippen LogP contribution in [0, 0.1) is 5.41 Å². The summed E-state index contributed by atoms with van der Waals surface area (Å²) in [5, 5.41) is 3.24. The van der Waals surface area contributed by atoms with Crippen LogP contribution in [0.3, 0.4) is 0 Å². The van der Waals surface area contributed by atoms with Crippen LogP contribution in [0.15, 0.2) is 18.2 Å².